The Morgan fingerprint density at radius 3 is 2.55 bits per heavy atom. The lowest BCUT2D eigenvalue weighted by Gasteiger charge is -2.60. The lowest BCUT2D eigenvalue weighted by atomic mass is 9.46. The quantitative estimate of drug-likeness (QED) is 0.659. The number of hydrogen-bond donors (Lipinski definition) is 1. The van der Waals surface area contributed by atoms with Crippen molar-refractivity contribution in [1.29, 1.82) is 0 Å². The highest BCUT2D eigenvalue weighted by molar-refractivity contribution is 5.91. The van der Waals surface area contributed by atoms with Gasteiger partial charge >= 0.3 is 11.9 Å². The minimum atomic E-state index is -1.02. The molecule has 6 nitrogen and oxygen atoms in total. The average molecular weight is 431 g/mol. The molecule has 0 saturated heterocycles. The Bertz CT molecular complexity index is 843. The lowest BCUT2D eigenvalue weighted by molar-refractivity contribution is -0.178. The van der Waals surface area contributed by atoms with E-state index in [9.17, 15) is 19.2 Å². The molecule has 0 aromatic heterocycles. The maximum Gasteiger partial charge on any atom is 0.306 e. The van der Waals surface area contributed by atoms with Gasteiger partial charge in [-0.3, -0.25) is 19.2 Å². The number of carboxylic acid groups (broad SMARTS) is 1. The largest absolute Gasteiger partial charge is 0.481 e. The summed E-state index contributed by atoms with van der Waals surface area (Å²) < 4.78 is 6.03. The SMILES string of the molecule is CC(=O)[C@H]1CC[C@H]2[C@H]3CCC4=CC(=O)CC[C@]4(C)[C@H]3[C@H](OC(=O)CCC(=O)O)C[C@]12C. The summed E-state index contributed by atoms with van der Waals surface area (Å²) in [5.41, 5.74) is 0.790. The molecule has 0 bridgehead atoms. The Kier molecular flexibility index (Phi) is 5.63. The molecule has 4 aliphatic rings. The summed E-state index contributed by atoms with van der Waals surface area (Å²) in [4.78, 5) is 48.1. The van der Waals surface area contributed by atoms with E-state index in [0.717, 1.165) is 32.1 Å². The number of carboxylic acids is 1. The molecular formula is C25H34O6. The monoisotopic (exact) mass is 430 g/mol. The maximum absolute atomic E-state index is 12.6. The summed E-state index contributed by atoms with van der Waals surface area (Å²) in [6, 6.07) is 0. The van der Waals surface area contributed by atoms with Crippen LogP contribution in [0.5, 0.6) is 0 Å². The number of allylic oxidation sites excluding steroid dienone is 1. The van der Waals surface area contributed by atoms with E-state index in [-0.39, 0.29) is 53.2 Å². The zero-order valence-corrected chi connectivity index (χ0v) is 18.8. The molecule has 0 aromatic carbocycles. The van der Waals surface area contributed by atoms with E-state index in [1.54, 1.807) is 6.92 Å². The van der Waals surface area contributed by atoms with Gasteiger partial charge in [-0.25, -0.2) is 0 Å². The van der Waals surface area contributed by atoms with Crippen LogP contribution in [0.1, 0.15) is 78.6 Å². The molecule has 0 heterocycles. The minimum absolute atomic E-state index is 0.0173. The molecule has 1 N–H and O–H groups in total. The van der Waals surface area contributed by atoms with Crippen LogP contribution in [0.4, 0.5) is 0 Å². The Morgan fingerprint density at radius 1 is 1.13 bits per heavy atom. The van der Waals surface area contributed by atoms with E-state index in [2.05, 4.69) is 13.8 Å². The molecule has 3 saturated carbocycles. The molecule has 6 heteroatoms. The molecule has 170 valence electrons. The summed E-state index contributed by atoms with van der Waals surface area (Å²) in [6.45, 7) is 6.09. The van der Waals surface area contributed by atoms with E-state index in [1.807, 2.05) is 6.08 Å². The Hall–Kier alpha value is -1.98. The van der Waals surface area contributed by atoms with Crippen molar-refractivity contribution in [2.75, 3.05) is 0 Å². The fraction of sp³-hybridized carbons (Fsp3) is 0.760. The molecule has 0 unspecified atom stereocenters. The van der Waals surface area contributed by atoms with Gasteiger partial charge in [0.2, 0.25) is 0 Å². The first-order valence-electron chi connectivity index (χ1n) is 11.7. The van der Waals surface area contributed by atoms with Gasteiger partial charge < -0.3 is 9.84 Å². The Morgan fingerprint density at radius 2 is 1.87 bits per heavy atom. The number of hydrogen-bond acceptors (Lipinski definition) is 5. The Labute approximate surface area is 183 Å². The molecule has 7 atom stereocenters. The molecule has 4 aliphatic carbocycles. The number of aliphatic carboxylic acids is 1. The van der Waals surface area contributed by atoms with Gasteiger partial charge in [-0.15, -0.1) is 0 Å². The second-order valence-corrected chi connectivity index (χ2v) is 10.8. The minimum Gasteiger partial charge on any atom is -0.481 e. The topological polar surface area (TPSA) is 97.7 Å². The highest BCUT2D eigenvalue weighted by Gasteiger charge is 2.63. The van der Waals surface area contributed by atoms with E-state index in [4.69, 9.17) is 9.84 Å². The molecule has 31 heavy (non-hydrogen) atoms. The number of ketones is 2. The number of ether oxygens (including phenoxy) is 1. The van der Waals surface area contributed by atoms with Crippen molar-refractivity contribution in [3.8, 4) is 0 Å². The molecule has 0 aliphatic heterocycles. The smallest absolute Gasteiger partial charge is 0.306 e. The first-order chi connectivity index (χ1) is 14.6. The predicted molar refractivity (Wildman–Crippen MR) is 113 cm³/mol. The number of Topliss-reactive ketones (excluding diaryl/α,β-unsaturated/α-hetero) is 1. The summed E-state index contributed by atoms with van der Waals surface area (Å²) in [5, 5.41) is 8.95. The van der Waals surface area contributed by atoms with Crippen LogP contribution >= 0.6 is 0 Å². The van der Waals surface area contributed by atoms with Crippen LogP contribution in [0, 0.1) is 34.5 Å². The van der Waals surface area contributed by atoms with Gasteiger partial charge in [0.25, 0.3) is 0 Å². The number of fused-ring (bicyclic) bond motifs is 5. The highest BCUT2D eigenvalue weighted by Crippen LogP contribution is 2.67. The summed E-state index contributed by atoms with van der Waals surface area (Å²) in [7, 11) is 0. The molecule has 0 radical (unpaired) electrons. The second-order valence-electron chi connectivity index (χ2n) is 10.8. The van der Waals surface area contributed by atoms with Gasteiger partial charge in [0.15, 0.2) is 5.78 Å². The Balaban J connectivity index is 1.70. The molecule has 0 amide bonds. The zero-order valence-electron chi connectivity index (χ0n) is 18.8. The number of carbonyl (C=O) groups is 4. The molecule has 0 spiro atoms. The van der Waals surface area contributed by atoms with Gasteiger partial charge in [-0.2, -0.15) is 0 Å². The van der Waals surface area contributed by atoms with Crippen molar-refractivity contribution in [3.63, 3.8) is 0 Å². The van der Waals surface area contributed by atoms with Crippen LogP contribution in [0.2, 0.25) is 0 Å². The van der Waals surface area contributed by atoms with Crippen LogP contribution in [-0.2, 0) is 23.9 Å². The third kappa shape index (κ3) is 3.66. The summed E-state index contributed by atoms with van der Waals surface area (Å²) in [5.74, 6) is -0.248. The predicted octanol–water partition coefficient (Wildman–Crippen LogP) is 4.11. The van der Waals surface area contributed by atoms with Crippen molar-refractivity contribution >= 4 is 23.5 Å². The van der Waals surface area contributed by atoms with Gasteiger partial charge in [0, 0.05) is 18.3 Å². The average Bonchev–Trinajstić information content (AvgIpc) is 3.03. The fourth-order valence-electron chi connectivity index (χ4n) is 7.87. The number of esters is 1. The van der Waals surface area contributed by atoms with Gasteiger partial charge in [-0.05, 0) is 74.2 Å². The van der Waals surface area contributed by atoms with Gasteiger partial charge in [-0.1, -0.05) is 19.4 Å². The third-order valence-corrected chi connectivity index (χ3v) is 9.19. The molecule has 4 rings (SSSR count). The summed E-state index contributed by atoms with van der Waals surface area (Å²) >= 11 is 0. The summed E-state index contributed by atoms with van der Waals surface area (Å²) in [6.07, 6.45) is 6.75. The first kappa shape index (κ1) is 22.2. The van der Waals surface area contributed by atoms with Crippen LogP contribution in [-0.4, -0.2) is 34.7 Å². The van der Waals surface area contributed by atoms with E-state index in [0.29, 0.717) is 24.7 Å². The zero-order chi connectivity index (χ0) is 22.6. The van der Waals surface area contributed by atoms with E-state index in [1.165, 1.54) is 5.57 Å². The fourth-order valence-corrected chi connectivity index (χ4v) is 7.87. The van der Waals surface area contributed by atoms with Crippen LogP contribution < -0.4 is 0 Å². The van der Waals surface area contributed by atoms with E-state index < -0.39 is 11.9 Å². The molecular weight excluding hydrogens is 396 g/mol. The van der Waals surface area contributed by atoms with E-state index >= 15 is 0 Å². The molecule has 0 aromatic rings. The van der Waals surface area contributed by atoms with Crippen molar-refractivity contribution in [3.05, 3.63) is 11.6 Å². The number of carbonyl (C=O) groups excluding carboxylic acids is 3. The van der Waals surface area contributed by atoms with Gasteiger partial charge in [0.1, 0.15) is 11.9 Å². The van der Waals surface area contributed by atoms with Crippen LogP contribution in [0.3, 0.4) is 0 Å². The third-order valence-electron chi connectivity index (χ3n) is 9.19. The highest BCUT2D eigenvalue weighted by atomic mass is 16.5. The molecule has 3 fully saturated rings. The van der Waals surface area contributed by atoms with Crippen molar-refractivity contribution < 1.29 is 29.0 Å². The van der Waals surface area contributed by atoms with Crippen LogP contribution in [0.15, 0.2) is 11.6 Å². The normalized spacial score (nSPS) is 41.5. The van der Waals surface area contributed by atoms with Crippen LogP contribution in [0.25, 0.3) is 0 Å². The standard InChI is InChI=1S/C25H34O6/c1-14(26)18-6-7-19-17-5-4-15-12-16(27)10-11-24(15,2)23(17)20(13-25(18,19)3)31-22(30)9-8-21(28)29/h12,17-20,23H,4-11,13H2,1-3H3,(H,28,29)/t17-,18-,19+,20-,23-,24+,25-/m1/s1. The maximum atomic E-state index is 12.6. The second kappa shape index (κ2) is 7.86. The van der Waals surface area contributed by atoms with Crippen molar-refractivity contribution in [2.24, 2.45) is 34.5 Å². The lowest BCUT2D eigenvalue weighted by Crippen LogP contribution is -2.58. The first-order valence-corrected chi connectivity index (χ1v) is 11.7. The van der Waals surface area contributed by atoms with Gasteiger partial charge in [0.05, 0.1) is 12.8 Å². The van der Waals surface area contributed by atoms with Crippen molar-refractivity contribution in [2.45, 2.75) is 84.7 Å². The van der Waals surface area contributed by atoms with Crippen molar-refractivity contribution in [1.82, 2.24) is 0 Å². The number of rotatable bonds is 5.